The number of hydrogen-bond donors (Lipinski definition) is 3. The minimum atomic E-state index is -0.918. The van der Waals surface area contributed by atoms with E-state index in [9.17, 15) is 15.0 Å². The number of carboxylic acid groups (broad SMARTS) is 1. The van der Waals surface area contributed by atoms with Gasteiger partial charge < -0.3 is 15.5 Å². The van der Waals surface area contributed by atoms with Gasteiger partial charge in [0.1, 0.15) is 5.75 Å². The molecule has 2 atom stereocenters. The third-order valence-corrected chi connectivity index (χ3v) is 5.56. The summed E-state index contributed by atoms with van der Waals surface area (Å²) in [7, 11) is 0. The molecule has 3 aromatic rings. The second-order valence-electron chi connectivity index (χ2n) is 7.27. The number of benzene rings is 3. The predicted octanol–water partition coefficient (Wildman–Crippen LogP) is 4.62. The van der Waals surface area contributed by atoms with E-state index >= 15 is 0 Å². The van der Waals surface area contributed by atoms with Crippen LogP contribution in [0.4, 0.5) is 0 Å². The van der Waals surface area contributed by atoms with Crippen molar-refractivity contribution in [2.45, 2.75) is 18.3 Å². The summed E-state index contributed by atoms with van der Waals surface area (Å²) in [4.78, 5) is 11.6. The highest BCUT2D eigenvalue weighted by molar-refractivity contribution is 5.89. The van der Waals surface area contributed by atoms with E-state index in [1.807, 2.05) is 48.5 Å². The summed E-state index contributed by atoms with van der Waals surface area (Å²) in [6.45, 7) is 1.67. The van der Waals surface area contributed by atoms with Gasteiger partial charge in [-0.05, 0) is 65.4 Å². The molecule has 1 aliphatic heterocycles. The van der Waals surface area contributed by atoms with Gasteiger partial charge in [0.05, 0.1) is 5.56 Å². The van der Waals surface area contributed by atoms with Crippen molar-refractivity contribution >= 4 is 5.97 Å². The maximum Gasteiger partial charge on any atom is 0.335 e. The summed E-state index contributed by atoms with van der Waals surface area (Å²) in [5, 5.41) is 23.0. The Morgan fingerprint density at radius 1 is 0.929 bits per heavy atom. The van der Waals surface area contributed by atoms with Gasteiger partial charge in [-0.25, -0.2) is 4.79 Å². The first-order valence-corrected chi connectivity index (χ1v) is 9.56. The summed E-state index contributed by atoms with van der Waals surface area (Å²) in [6.07, 6.45) is 0.930. The fourth-order valence-corrected chi connectivity index (χ4v) is 4.22. The Labute approximate surface area is 164 Å². The van der Waals surface area contributed by atoms with E-state index in [4.69, 9.17) is 0 Å². The molecule has 0 aromatic heterocycles. The zero-order chi connectivity index (χ0) is 19.5. The molecule has 4 rings (SSSR count). The van der Waals surface area contributed by atoms with Gasteiger partial charge in [-0.3, -0.25) is 0 Å². The zero-order valence-electron chi connectivity index (χ0n) is 15.5. The van der Waals surface area contributed by atoms with Crippen LogP contribution >= 0.6 is 0 Å². The van der Waals surface area contributed by atoms with Crippen LogP contribution in [0.2, 0.25) is 0 Å². The molecule has 0 spiro atoms. The number of carboxylic acids is 1. The number of aromatic hydroxyl groups is 1. The van der Waals surface area contributed by atoms with Crippen LogP contribution in [0.25, 0.3) is 11.1 Å². The third-order valence-electron chi connectivity index (χ3n) is 5.56. The van der Waals surface area contributed by atoms with Gasteiger partial charge in [0.2, 0.25) is 0 Å². The van der Waals surface area contributed by atoms with Crippen LogP contribution in [0.15, 0.2) is 72.8 Å². The molecule has 3 N–H and O–H groups in total. The van der Waals surface area contributed by atoms with Gasteiger partial charge >= 0.3 is 5.97 Å². The first-order valence-electron chi connectivity index (χ1n) is 9.56. The standard InChI is InChI=1S/C24H23NO3/c26-19-8-4-7-17(13-19)21-11-12-25-15-23(21)22-14-18(24(27)28)9-10-20(22)16-5-2-1-3-6-16/h1-10,13-14,21,23,25-26H,11-12,15H2,(H,27,28)/t21-,23+/m0/s1. The van der Waals surface area contributed by atoms with Crippen LogP contribution in [-0.2, 0) is 0 Å². The number of hydrogen-bond acceptors (Lipinski definition) is 3. The Morgan fingerprint density at radius 3 is 2.50 bits per heavy atom. The largest absolute Gasteiger partial charge is 0.508 e. The van der Waals surface area contributed by atoms with E-state index < -0.39 is 5.97 Å². The van der Waals surface area contributed by atoms with E-state index in [1.54, 1.807) is 12.1 Å². The molecule has 3 aromatic carbocycles. The Hall–Kier alpha value is -3.11. The molecule has 0 bridgehead atoms. The summed E-state index contributed by atoms with van der Waals surface area (Å²) < 4.78 is 0. The molecule has 4 nitrogen and oxygen atoms in total. The van der Waals surface area contributed by atoms with Crippen molar-refractivity contribution in [3.63, 3.8) is 0 Å². The Kier molecular flexibility index (Phi) is 5.13. The average molecular weight is 373 g/mol. The van der Waals surface area contributed by atoms with Crippen molar-refractivity contribution in [3.05, 3.63) is 89.5 Å². The van der Waals surface area contributed by atoms with Crippen LogP contribution in [-0.4, -0.2) is 29.3 Å². The van der Waals surface area contributed by atoms with Gasteiger partial charge in [-0.15, -0.1) is 0 Å². The number of phenolic OH excluding ortho intramolecular Hbond substituents is 1. The van der Waals surface area contributed by atoms with Gasteiger partial charge in [0.15, 0.2) is 0 Å². The number of phenols is 1. The predicted molar refractivity (Wildman–Crippen MR) is 110 cm³/mol. The van der Waals surface area contributed by atoms with Gasteiger partial charge in [0.25, 0.3) is 0 Å². The smallest absolute Gasteiger partial charge is 0.335 e. The Bertz CT molecular complexity index is 984. The van der Waals surface area contributed by atoms with E-state index in [-0.39, 0.29) is 17.6 Å². The summed E-state index contributed by atoms with van der Waals surface area (Å²) in [6, 6.07) is 22.9. The van der Waals surface area contributed by atoms with E-state index in [1.165, 1.54) is 0 Å². The van der Waals surface area contributed by atoms with E-state index in [2.05, 4.69) is 17.4 Å². The molecule has 0 radical (unpaired) electrons. The maximum atomic E-state index is 11.6. The van der Waals surface area contributed by atoms with Crippen LogP contribution in [0.1, 0.15) is 39.7 Å². The first kappa shape index (κ1) is 18.3. The molecule has 0 aliphatic carbocycles. The number of carbonyl (C=O) groups is 1. The highest BCUT2D eigenvalue weighted by atomic mass is 16.4. The molecule has 28 heavy (non-hydrogen) atoms. The highest BCUT2D eigenvalue weighted by Gasteiger charge is 2.30. The molecule has 142 valence electrons. The molecule has 1 saturated heterocycles. The monoisotopic (exact) mass is 373 g/mol. The van der Waals surface area contributed by atoms with Crippen molar-refractivity contribution in [3.8, 4) is 16.9 Å². The van der Waals surface area contributed by atoms with Crippen molar-refractivity contribution in [2.24, 2.45) is 0 Å². The lowest BCUT2D eigenvalue weighted by molar-refractivity contribution is 0.0696. The molecule has 0 saturated carbocycles. The lowest BCUT2D eigenvalue weighted by atomic mass is 9.75. The minimum absolute atomic E-state index is 0.116. The van der Waals surface area contributed by atoms with Crippen LogP contribution in [0.3, 0.4) is 0 Å². The fourth-order valence-electron chi connectivity index (χ4n) is 4.22. The van der Waals surface area contributed by atoms with Gasteiger partial charge in [-0.1, -0.05) is 48.5 Å². The fraction of sp³-hybridized carbons (Fsp3) is 0.208. The Morgan fingerprint density at radius 2 is 1.75 bits per heavy atom. The summed E-state index contributed by atoms with van der Waals surface area (Å²) >= 11 is 0. The van der Waals surface area contributed by atoms with Crippen molar-refractivity contribution in [2.75, 3.05) is 13.1 Å². The lowest BCUT2D eigenvalue weighted by Crippen LogP contribution is -2.34. The molecular weight excluding hydrogens is 350 g/mol. The summed E-state index contributed by atoms with van der Waals surface area (Å²) in [5.41, 5.74) is 4.56. The van der Waals surface area contributed by atoms with Crippen LogP contribution in [0.5, 0.6) is 5.75 Å². The van der Waals surface area contributed by atoms with Crippen molar-refractivity contribution < 1.29 is 15.0 Å². The van der Waals surface area contributed by atoms with Gasteiger partial charge in [0, 0.05) is 12.5 Å². The highest BCUT2D eigenvalue weighted by Crippen LogP contribution is 2.42. The van der Waals surface area contributed by atoms with E-state index in [0.29, 0.717) is 5.56 Å². The number of piperidine rings is 1. The van der Waals surface area contributed by atoms with Gasteiger partial charge in [-0.2, -0.15) is 0 Å². The van der Waals surface area contributed by atoms with Crippen LogP contribution in [0, 0.1) is 0 Å². The molecule has 1 aliphatic rings. The zero-order valence-corrected chi connectivity index (χ0v) is 15.5. The lowest BCUT2D eigenvalue weighted by Gasteiger charge is -2.34. The van der Waals surface area contributed by atoms with Crippen molar-refractivity contribution in [1.29, 1.82) is 0 Å². The van der Waals surface area contributed by atoms with E-state index in [0.717, 1.165) is 41.8 Å². The molecule has 4 heteroatoms. The minimum Gasteiger partial charge on any atom is -0.508 e. The van der Waals surface area contributed by atoms with Crippen LogP contribution < -0.4 is 5.32 Å². The maximum absolute atomic E-state index is 11.6. The second kappa shape index (κ2) is 7.87. The normalized spacial score (nSPS) is 19.3. The second-order valence-corrected chi connectivity index (χ2v) is 7.27. The number of nitrogens with one attached hydrogen (secondary N) is 1. The molecule has 0 unspecified atom stereocenters. The average Bonchev–Trinajstić information content (AvgIpc) is 2.74. The molecule has 0 amide bonds. The Balaban J connectivity index is 1.84. The van der Waals surface area contributed by atoms with Crippen molar-refractivity contribution in [1.82, 2.24) is 5.32 Å². The first-order chi connectivity index (χ1) is 13.6. The molecular formula is C24H23NO3. The number of aromatic carboxylic acids is 1. The quantitative estimate of drug-likeness (QED) is 0.624. The molecule has 1 fully saturated rings. The molecule has 1 heterocycles. The summed E-state index contributed by atoms with van der Waals surface area (Å²) in [5.74, 6) is -0.333. The SMILES string of the molecule is O=C(O)c1ccc(-c2ccccc2)c([C@@H]2CNCC[C@H]2c2cccc(O)c2)c1. The topological polar surface area (TPSA) is 69.6 Å². The number of rotatable bonds is 4. The third kappa shape index (κ3) is 3.64.